The van der Waals surface area contributed by atoms with Crippen molar-refractivity contribution in [1.82, 2.24) is 5.32 Å². The van der Waals surface area contributed by atoms with Crippen molar-refractivity contribution in [3.8, 4) is 0 Å². The predicted molar refractivity (Wildman–Crippen MR) is 83.9 cm³/mol. The fourth-order valence-corrected chi connectivity index (χ4v) is 2.95. The predicted octanol–water partition coefficient (Wildman–Crippen LogP) is 4.28. The van der Waals surface area contributed by atoms with Crippen molar-refractivity contribution >= 4 is 11.4 Å². The van der Waals surface area contributed by atoms with Gasteiger partial charge in [-0.3, -0.25) is 4.79 Å². The summed E-state index contributed by atoms with van der Waals surface area (Å²) in [6.07, 6.45) is -0.660. The number of nitrogens with one attached hydrogen (secondary N) is 1. The fourth-order valence-electron chi connectivity index (χ4n) is 2.95. The average molecular weight is 339 g/mol. The summed E-state index contributed by atoms with van der Waals surface area (Å²) < 4.78 is 44.7. The van der Waals surface area contributed by atoms with Crippen LogP contribution in [0.25, 0.3) is 5.57 Å². The number of hydrogen-bond donors (Lipinski definition) is 1. The van der Waals surface area contributed by atoms with Crippen molar-refractivity contribution in [3.05, 3.63) is 41.3 Å². The Kier molecular flexibility index (Phi) is 4.56. The first-order valence-corrected chi connectivity index (χ1v) is 8.29. The standard InChI is InChI=1S/C18H20F3NO2/c1-2-5-14-16(23)15(17(24-14)22-13-8-4-9-13)11-6-3-7-12(10-11)18(19,20)21/h3,6-7,10,13-14,22H,2,4-5,8-9H2,1H3. The zero-order valence-electron chi connectivity index (χ0n) is 13.5. The molecule has 3 nitrogen and oxygen atoms in total. The number of hydrogen-bond acceptors (Lipinski definition) is 3. The molecule has 130 valence electrons. The minimum atomic E-state index is -4.44. The quantitative estimate of drug-likeness (QED) is 0.870. The third-order valence-corrected chi connectivity index (χ3v) is 4.50. The molecule has 2 aliphatic rings. The SMILES string of the molecule is CCCC1OC(NC2CCC2)=C(c2cccc(C(F)(F)F)c2)C1=O. The van der Waals surface area contributed by atoms with E-state index < -0.39 is 17.8 Å². The molecule has 0 amide bonds. The number of ketones is 1. The van der Waals surface area contributed by atoms with Gasteiger partial charge in [0.15, 0.2) is 12.0 Å². The van der Waals surface area contributed by atoms with Crippen LogP contribution in [0.4, 0.5) is 13.2 Å². The van der Waals surface area contributed by atoms with Crippen molar-refractivity contribution in [1.29, 1.82) is 0 Å². The Morgan fingerprint density at radius 1 is 1.29 bits per heavy atom. The van der Waals surface area contributed by atoms with Gasteiger partial charge in [-0.25, -0.2) is 0 Å². The van der Waals surface area contributed by atoms with E-state index in [4.69, 9.17) is 4.74 Å². The highest BCUT2D eigenvalue weighted by Crippen LogP contribution is 2.36. The maximum atomic E-state index is 13.0. The largest absolute Gasteiger partial charge is 0.467 e. The van der Waals surface area contributed by atoms with Crippen LogP contribution in [0.2, 0.25) is 0 Å². The zero-order valence-corrected chi connectivity index (χ0v) is 13.5. The molecule has 0 saturated heterocycles. The molecule has 24 heavy (non-hydrogen) atoms. The van der Waals surface area contributed by atoms with Crippen molar-refractivity contribution in [2.75, 3.05) is 0 Å². The highest BCUT2D eigenvalue weighted by molar-refractivity contribution is 6.25. The number of benzene rings is 1. The Hall–Kier alpha value is -1.98. The molecular formula is C18H20F3NO2. The molecule has 0 bridgehead atoms. The molecule has 0 radical (unpaired) electrons. The van der Waals surface area contributed by atoms with Crippen LogP contribution >= 0.6 is 0 Å². The molecule has 1 saturated carbocycles. The molecule has 1 aliphatic carbocycles. The minimum Gasteiger partial charge on any atom is -0.467 e. The molecule has 6 heteroatoms. The maximum Gasteiger partial charge on any atom is 0.416 e. The first kappa shape index (κ1) is 16.9. The maximum absolute atomic E-state index is 13.0. The molecule has 1 N–H and O–H groups in total. The van der Waals surface area contributed by atoms with Gasteiger partial charge in [-0.15, -0.1) is 0 Å². The second kappa shape index (κ2) is 6.49. The number of rotatable bonds is 5. The van der Waals surface area contributed by atoms with Crippen LogP contribution in [-0.2, 0) is 15.7 Å². The lowest BCUT2D eigenvalue weighted by Crippen LogP contribution is -2.35. The summed E-state index contributed by atoms with van der Waals surface area (Å²) in [5.41, 5.74) is -0.260. The second-order valence-corrected chi connectivity index (χ2v) is 6.31. The van der Waals surface area contributed by atoms with Gasteiger partial charge in [0, 0.05) is 6.04 Å². The highest BCUT2D eigenvalue weighted by atomic mass is 19.4. The van der Waals surface area contributed by atoms with Crippen LogP contribution in [0.5, 0.6) is 0 Å². The Morgan fingerprint density at radius 2 is 2.04 bits per heavy atom. The van der Waals surface area contributed by atoms with Crippen LogP contribution in [0.15, 0.2) is 30.1 Å². The van der Waals surface area contributed by atoms with E-state index in [2.05, 4.69) is 5.32 Å². The van der Waals surface area contributed by atoms with E-state index in [-0.39, 0.29) is 23.0 Å². The van der Waals surface area contributed by atoms with Crippen LogP contribution in [-0.4, -0.2) is 17.9 Å². The van der Waals surface area contributed by atoms with E-state index in [9.17, 15) is 18.0 Å². The lowest BCUT2D eigenvalue weighted by atomic mass is 9.92. The number of alkyl halides is 3. The van der Waals surface area contributed by atoms with Gasteiger partial charge in [0.05, 0.1) is 11.1 Å². The Balaban J connectivity index is 1.96. The van der Waals surface area contributed by atoms with E-state index in [0.717, 1.165) is 37.8 Å². The van der Waals surface area contributed by atoms with Gasteiger partial charge in [-0.05, 0) is 43.4 Å². The van der Waals surface area contributed by atoms with E-state index >= 15 is 0 Å². The summed E-state index contributed by atoms with van der Waals surface area (Å²) in [6.45, 7) is 1.94. The lowest BCUT2D eigenvalue weighted by molar-refractivity contribution is -0.137. The number of ether oxygens (including phenoxy) is 1. The van der Waals surface area contributed by atoms with Crippen LogP contribution in [0.3, 0.4) is 0 Å². The van der Waals surface area contributed by atoms with E-state index in [0.29, 0.717) is 12.3 Å². The average Bonchev–Trinajstić information content (AvgIpc) is 2.79. The second-order valence-electron chi connectivity index (χ2n) is 6.31. The zero-order chi connectivity index (χ0) is 17.3. The van der Waals surface area contributed by atoms with Crippen molar-refractivity contribution in [2.24, 2.45) is 0 Å². The molecule has 1 atom stereocenters. The molecule has 1 aromatic rings. The molecule has 1 heterocycles. The third-order valence-electron chi connectivity index (χ3n) is 4.50. The van der Waals surface area contributed by atoms with Gasteiger partial charge in [-0.1, -0.05) is 25.5 Å². The molecule has 1 unspecified atom stereocenters. The van der Waals surface area contributed by atoms with Crippen LogP contribution < -0.4 is 5.32 Å². The monoisotopic (exact) mass is 339 g/mol. The van der Waals surface area contributed by atoms with Gasteiger partial charge >= 0.3 is 6.18 Å². The third kappa shape index (κ3) is 3.28. The van der Waals surface area contributed by atoms with Gasteiger partial charge in [0.25, 0.3) is 0 Å². The smallest absolute Gasteiger partial charge is 0.416 e. The van der Waals surface area contributed by atoms with Crippen molar-refractivity contribution in [3.63, 3.8) is 0 Å². The number of carbonyl (C=O) groups excluding carboxylic acids is 1. The number of halogens is 3. The highest BCUT2D eigenvalue weighted by Gasteiger charge is 2.38. The Bertz CT molecular complexity index is 662. The Morgan fingerprint density at radius 3 is 2.62 bits per heavy atom. The van der Waals surface area contributed by atoms with Gasteiger partial charge < -0.3 is 10.1 Å². The summed E-state index contributed by atoms with van der Waals surface area (Å²) in [4.78, 5) is 12.7. The molecule has 0 spiro atoms. The van der Waals surface area contributed by atoms with Crippen molar-refractivity contribution < 1.29 is 22.7 Å². The van der Waals surface area contributed by atoms with Crippen LogP contribution in [0.1, 0.15) is 50.2 Å². The summed E-state index contributed by atoms with van der Waals surface area (Å²) in [6, 6.07) is 5.11. The number of Topliss-reactive ketones (excluding diaryl/α,β-unsaturated/α-hetero) is 1. The van der Waals surface area contributed by atoms with Gasteiger partial charge in [0.1, 0.15) is 0 Å². The first-order chi connectivity index (χ1) is 11.4. The van der Waals surface area contributed by atoms with E-state index in [1.165, 1.54) is 12.1 Å². The summed E-state index contributed by atoms with van der Waals surface area (Å²) in [5, 5.41) is 3.20. The molecular weight excluding hydrogens is 319 g/mol. The van der Waals surface area contributed by atoms with Gasteiger partial charge in [0.2, 0.25) is 5.78 Å². The summed E-state index contributed by atoms with van der Waals surface area (Å²) >= 11 is 0. The molecule has 1 fully saturated rings. The summed E-state index contributed by atoms with van der Waals surface area (Å²) in [7, 11) is 0. The van der Waals surface area contributed by atoms with E-state index in [1.807, 2.05) is 6.92 Å². The first-order valence-electron chi connectivity index (χ1n) is 8.29. The molecule has 3 rings (SSSR count). The molecule has 1 aromatic carbocycles. The van der Waals surface area contributed by atoms with Crippen molar-refractivity contribution in [2.45, 2.75) is 57.3 Å². The Labute approximate surface area is 138 Å². The van der Waals surface area contributed by atoms with Gasteiger partial charge in [-0.2, -0.15) is 13.2 Å². The lowest BCUT2D eigenvalue weighted by Gasteiger charge is -2.28. The van der Waals surface area contributed by atoms with E-state index in [1.54, 1.807) is 0 Å². The summed E-state index contributed by atoms with van der Waals surface area (Å²) in [5.74, 6) is 0.0977. The molecule has 1 aliphatic heterocycles. The van der Waals surface area contributed by atoms with Crippen LogP contribution in [0, 0.1) is 0 Å². The number of carbonyl (C=O) groups is 1. The molecule has 0 aromatic heterocycles. The minimum absolute atomic E-state index is 0.231. The topological polar surface area (TPSA) is 38.3 Å². The normalized spacial score (nSPS) is 21.7. The fraction of sp³-hybridized carbons (Fsp3) is 0.500.